The molecule has 122 valence electrons. The molecule has 4 rings (SSSR count). The summed E-state index contributed by atoms with van der Waals surface area (Å²) < 4.78 is 12.2. The predicted molar refractivity (Wildman–Crippen MR) is 97.8 cm³/mol. The van der Waals surface area contributed by atoms with Crippen molar-refractivity contribution in [3.8, 4) is 0 Å². The average molecular weight is 321 g/mol. The van der Waals surface area contributed by atoms with Crippen molar-refractivity contribution in [1.82, 2.24) is 4.98 Å². The van der Waals surface area contributed by atoms with E-state index in [2.05, 4.69) is 4.98 Å². The number of H-pyrrole nitrogens is 1. The summed E-state index contributed by atoms with van der Waals surface area (Å²) in [4.78, 5) is 15.4. The second kappa shape index (κ2) is 4.95. The standard InChI is InChI=1S/C19H20BNO3/c1-18(2)19(3,4)24-20(23-18)12-9-10-13-14-7-5-6-8-16(14)21-17(22)15(13)11-12/h5-11H,1-4H3,(H,21,22). The van der Waals surface area contributed by atoms with Gasteiger partial charge in [0, 0.05) is 16.3 Å². The zero-order valence-corrected chi connectivity index (χ0v) is 14.3. The van der Waals surface area contributed by atoms with Gasteiger partial charge < -0.3 is 14.3 Å². The summed E-state index contributed by atoms with van der Waals surface area (Å²) in [5.74, 6) is 0. The van der Waals surface area contributed by atoms with Crippen molar-refractivity contribution < 1.29 is 9.31 Å². The second-order valence-electron chi connectivity index (χ2n) is 7.39. The molecule has 0 unspecified atom stereocenters. The quantitative estimate of drug-likeness (QED) is 0.554. The van der Waals surface area contributed by atoms with E-state index < -0.39 is 18.3 Å². The zero-order chi connectivity index (χ0) is 17.1. The largest absolute Gasteiger partial charge is 0.494 e. The summed E-state index contributed by atoms with van der Waals surface area (Å²) in [7, 11) is -0.467. The topological polar surface area (TPSA) is 51.3 Å². The molecule has 0 saturated carbocycles. The normalized spacial score (nSPS) is 19.2. The van der Waals surface area contributed by atoms with E-state index in [1.54, 1.807) is 0 Å². The number of benzene rings is 2. The minimum atomic E-state index is -0.467. The molecule has 4 nitrogen and oxygen atoms in total. The van der Waals surface area contributed by atoms with Crippen LogP contribution < -0.4 is 11.0 Å². The fourth-order valence-electron chi connectivity index (χ4n) is 3.13. The molecule has 1 saturated heterocycles. The summed E-state index contributed by atoms with van der Waals surface area (Å²) in [5, 5.41) is 2.63. The molecular weight excluding hydrogens is 301 g/mol. The number of hydrogen-bond acceptors (Lipinski definition) is 3. The fourth-order valence-corrected chi connectivity index (χ4v) is 3.13. The van der Waals surface area contributed by atoms with Gasteiger partial charge in [0.05, 0.1) is 11.2 Å². The molecule has 5 heteroatoms. The van der Waals surface area contributed by atoms with Crippen LogP contribution in [0, 0.1) is 0 Å². The van der Waals surface area contributed by atoms with Crippen molar-refractivity contribution in [2.24, 2.45) is 0 Å². The van der Waals surface area contributed by atoms with Crippen LogP contribution in [-0.4, -0.2) is 23.3 Å². The molecule has 1 fully saturated rings. The van der Waals surface area contributed by atoms with Gasteiger partial charge in [-0.15, -0.1) is 0 Å². The van der Waals surface area contributed by atoms with E-state index in [0.717, 1.165) is 21.8 Å². The zero-order valence-electron chi connectivity index (χ0n) is 14.3. The third kappa shape index (κ3) is 2.19. The van der Waals surface area contributed by atoms with Gasteiger partial charge in [-0.1, -0.05) is 30.3 Å². The van der Waals surface area contributed by atoms with Gasteiger partial charge in [0.2, 0.25) is 0 Å². The minimum Gasteiger partial charge on any atom is -0.399 e. The van der Waals surface area contributed by atoms with Crippen LogP contribution in [0.15, 0.2) is 47.3 Å². The van der Waals surface area contributed by atoms with Gasteiger partial charge in [0.25, 0.3) is 5.56 Å². The van der Waals surface area contributed by atoms with Crippen molar-refractivity contribution >= 4 is 34.3 Å². The average Bonchev–Trinajstić information content (AvgIpc) is 2.75. The Balaban J connectivity index is 1.87. The van der Waals surface area contributed by atoms with Gasteiger partial charge in [-0.2, -0.15) is 0 Å². The van der Waals surface area contributed by atoms with E-state index in [9.17, 15) is 4.79 Å². The van der Waals surface area contributed by atoms with Crippen LogP contribution in [0.2, 0.25) is 0 Å². The number of rotatable bonds is 1. The maximum atomic E-state index is 12.5. The molecule has 1 N–H and O–H groups in total. The number of aromatic nitrogens is 1. The molecule has 0 spiro atoms. The Bertz CT molecular complexity index is 990. The second-order valence-corrected chi connectivity index (χ2v) is 7.39. The Kier molecular flexibility index (Phi) is 3.18. The van der Waals surface area contributed by atoms with E-state index in [-0.39, 0.29) is 5.56 Å². The first-order chi connectivity index (χ1) is 11.3. The lowest BCUT2D eigenvalue weighted by Gasteiger charge is -2.32. The Morgan fingerprint density at radius 1 is 0.875 bits per heavy atom. The number of fused-ring (bicyclic) bond motifs is 3. The molecular formula is C19H20BNO3. The van der Waals surface area contributed by atoms with Gasteiger partial charge in [0.1, 0.15) is 0 Å². The highest BCUT2D eigenvalue weighted by Crippen LogP contribution is 2.36. The van der Waals surface area contributed by atoms with Crippen LogP contribution in [0.1, 0.15) is 27.7 Å². The highest BCUT2D eigenvalue weighted by atomic mass is 16.7. The van der Waals surface area contributed by atoms with Crippen LogP contribution in [0.25, 0.3) is 21.7 Å². The van der Waals surface area contributed by atoms with Gasteiger partial charge in [-0.25, -0.2) is 0 Å². The molecule has 0 radical (unpaired) electrons. The highest BCUT2D eigenvalue weighted by Gasteiger charge is 2.51. The van der Waals surface area contributed by atoms with E-state index in [0.29, 0.717) is 5.39 Å². The van der Waals surface area contributed by atoms with Crippen molar-refractivity contribution in [3.63, 3.8) is 0 Å². The molecule has 24 heavy (non-hydrogen) atoms. The first-order valence-corrected chi connectivity index (χ1v) is 8.19. The maximum Gasteiger partial charge on any atom is 0.494 e. The lowest BCUT2D eigenvalue weighted by atomic mass is 9.78. The van der Waals surface area contributed by atoms with Gasteiger partial charge in [-0.3, -0.25) is 4.79 Å². The molecule has 0 atom stereocenters. The number of aromatic amines is 1. The SMILES string of the molecule is CC1(C)OB(c2ccc3c(c2)c(=O)[nH]c2ccccc23)OC1(C)C. The summed E-state index contributed by atoms with van der Waals surface area (Å²) in [6.45, 7) is 8.09. The van der Waals surface area contributed by atoms with Crippen molar-refractivity contribution in [2.75, 3.05) is 0 Å². The lowest BCUT2D eigenvalue weighted by Crippen LogP contribution is -2.41. The van der Waals surface area contributed by atoms with Gasteiger partial charge in [-0.05, 0) is 50.7 Å². The monoisotopic (exact) mass is 321 g/mol. The smallest absolute Gasteiger partial charge is 0.399 e. The van der Waals surface area contributed by atoms with E-state index in [4.69, 9.17) is 9.31 Å². The molecule has 2 heterocycles. The Hall–Kier alpha value is -2.11. The third-order valence-corrected chi connectivity index (χ3v) is 5.28. The van der Waals surface area contributed by atoms with Crippen LogP contribution in [-0.2, 0) is 9.31 Å². The van der Waals surface area contributed by atoms with Crippen molar-refractivity contribution in [1.29, 1.82) is 0 Å². The minimum absolute atomic E-state index is 0.0953. The number of pyridine rings is 1. The highest BCUT2D eigenvalue weighted by molar-refractivity contribution is 6.62. The Morgan fingerprint density at radius 2 is 1.54 bits per heavy atom. The first kappa shape index (κ1) is 15.4. The molecule has 0 aliphatic carbocycles. The van der Waals surface area contributed by atoms with Crippen molar-refractivity contribution in [3.05, 3.63) is 52.8 Å². The van der Waals surface area contributed by atoms with Crippen LogP contribution in [0.5, 0.6) is 0 Å². The molecule has 1 aliphatic heterocycles. The molecule has 0 amide bonds. The van der Waals surface area contributed by atoms with Crippen LogP contribution >= 0.6 is 0 Å². The number of hydrogen-bond donors (Lipinski definition) is 1. The number of para-hydroxylation sites is 1. The molecule has 0 bridgehead atoms. The lowest BCUT2D eigenvalue weighted by molar-refractivity contribution is 0.00578. The van der Waals surface area contributed by atoms with Crippen molar-refractivity contribution in [2.45, 2.75) is 38.9 Å². The summed E-state index contributed by atoms with van der Waals surface area (Å²) in [5.41, 5.74) is 0.813. The van der Waals surface area contributed by atoms with Crippen LogP contribution in [0.3, 0.4) is 0 Å². The summed E-state index contributed by atoms with van der Waals surface area (Å²) >= 11 is 0. The van der Waals surface area contributed by atoms with Gasteiger partial charge >= 0.3 is 7.12 Å². The Morgan fingerprint density at radius 3 is 2.25 bits per heavy atom. The van der Waals surface area contributed by atoms with Crippen LogP contribution in [0.4, 0.5) is 0 Å². The Labute approximate surface area is 140 Å². The molecule has 1 aliphatic rings. The third-order valence-electron chi connectivity index (χ3n) is 5.28. The summed E-state index contributed by atoms with van der Waals surface area (Å²) in [6.07, 6.45) is 0. The molecule has 2 aromatic carbocycles. The van der Waals surface area contributed by atoms with E-state index in [1.807, 2.05) is 70.2 Å². The first-order valence-electron chi connectivity index (χ1n) is 8.19. The number of nitrogens with one attached hydrogen (secondary N) is 1. The fraction of sp³-hybridized carbons (Fsp3) is 0.316. The molecule has 1 aromatic heterocycles. The maximum absolute atomic E-state index is 12.5. The van der Waals surface area contributed by atoms with Gasteiger partial charge in [0.15, 0.2) is 0 Å². The summed E-state index contributed by atoms with van der Waals surface area (Å²) in [6, 6.07) is 13.7. The molecule has 3 aromatic rings. The predicted octanol–water partition coefficient (Wildman–Crippen LogP) is 2.98. The van der Waals surface area contributed by atoms with E-state index in [1.165, 1.54) is 0 Å². The van der Waals surface area contributed by atoms with E-state index >= 15 is 0 Å².